The van der Waals surface area contributed by atoms with Crippen molar-refractivity contribution in [3.63, 3.8) is 0 Å². The van der Waals surface area contributed by atoms with Crippen LogP contribution in [0.3, 0.4) is 0 Å². The van der Waals surface area contributed by atoms with Gasteiger partial charge in [-0.15, -0.1) is 0 Å². The third-order valence-corrected chi connectivity index (χ3v) is 1.20. The van der Waals surface area contributed by atoms with Gasteiger partial charge in [-0.1, -0.05) is 20.8 Å². The van der Waals surface area contributed by atoms with Crippen LogP contribution in [-0.4, -0.2) is 12.6 Å². The fourth-order valence-corrected chi connectivity index (χ4v) is 0.409. The monoisotopic (exact) mass is 127 g/mol. The predicted octanol–water partition coefficient (Wildman–Crippen LogP) is 0.957. The number of rotatable bonds is 2. The summed E-state index contributed by atoms with van der Waals surface area (Å²) in [4.78, 5) is 20.1. The Kier molecular flexibility index (Phi) is 2.56. The van der Waals surface area contributed by atoms with Gasteiger partial charge in [0.05, 0.1) is 5.92 Å². The molecule has 1 atom stereocenters. The Labute approximate surface area is 55.3 Å². The number of carbonyl (C=O) groups is 1. The van der Waals surface area contributed by atoms with Gasteiger partial charge in [0, 0.05) is 0 Å². The lowest BCUT2D eigenvalue weighted by atomic mass is 9.83. The van der Waals surface area contributed by atoms with Crippen LogP contribution in [0.4, 0.5) is 0 Å². The van der Waals surface area contributed by atoms with Crippen LogP contribution >= 0.6 is 0 Å². The fraction of sp³-hybridized carbons (Fsp3) is 0.714. The summed E-state index contributed by atoms with van der Waals surface area (Å²) in [5.74, 6) is -0.586. The van der Waals surface area contributed by atoms with Gasteiger partial charge >= 0.3 is 0 Å². The maximum atomic E-state index is 10.1. The summed E-state index contributed by atoms with van der Waals surface area (Å²) >= 11 is 0. The van der Waals surface area contributed by atoms with Gasteiger partial charge in [-0.2, -0.15) is 0 Å². The largest absolute Gasteiger partial charge is 0.303 e. The average molecular weight is 127 g/mol. The molecule has 0 aromatic rings. The van der Waals surface area contributed by atoms with Crippen LogP contribution in [0.5, 0.6) is 0 Å². The number of hydrogen-bond acceptors (Lipinski definition) is 2. The van der Waals surface area contributed by atoms with E-state index in [1.165, 1.54) is 0 Å². The van der Waals surface area contributed by atoms with Crippen molar-refractivity contribution in [2.75, 3.05) is 0 Å². The van der Waals surface area contributed by atoms with Gasteiger partial charge in [0.2, 0.25) is 6.29 Å². The summed E-state index contributed by atoms with van der Waals surface area (Å²) in [6.45, 7) is 5.49. The molecule has 9 heavy (non-hydrogen) atoms. The minimum Gasteiger partial charge on any atom is -0.303 e. The van der Waals surface area contributed by atoms with Crippen LogP contribution < -0.4 is 0 Å². The first-order valence-corrected chi connectivity index (χ1v) is 2.85. The Balaban J connectivity index is 4.11. The molecule has 0 aromatic carbocycles. The molecule has 0 N–H and O–H groups in total. The van der Waals surface area contributed by atoms with E-state index in [9.17, 15) is 9.59 Å². The highest BCUT2D eigenvalue weighted by Crippen LogP contribution is 2.21. The maximum Gasteiger partial charge on any atom is 0.209 e. The highest BCUT2D eigenvalue weighted by Gasteiger charge is 2.23. The quantitative estimate of drug-likeness (QED) is 0.409. The highest BCUT2D eigenvalue weighted by molar-refractivity contribution is 5.78. The van der Waals surface area contributed by atoms with Crippen molar-refractivity contribution in [2.24, 2.45) is 11.3 Å². The van der Waals surface area contributed by atoms with E-state index in [4.69, 9.17) is 0 Å². The molecular formula is C7H11O2. The van der Waals surface area contributed by atoms with Gasteiger partial charge in [0.1, 0.15) is 6.29 Å². The van der Waals surface area contributed by atoms with Gasteiger partial charge in [0.25, 0.3) is 0 Å². The summed E-state index contributed by atoms with van der Waals surface area (Å²) in [5, 5.41) is 0. The standard InChI is InChI=1S/C7H11O2/c1-7(2,3)6(4-8)5-9/h4,6H,1-3H3. The lowest BCUT2D eigenvalue weighted by molar-refractivity contribution is -0.111. The van der Waals surface area contributed by atoms with E-state index >= 15 is 0 Å². The molecule has 2 nitrogen and oxygen atoms in total. The van der Waals surface area contributed by atoms with Crippen molar-refractivity contribution in [1.29, 1.82) is 0 Å². The van der Waals surface area contributed by atoms with Crippen LogP contribution in [-0.2, 0) is 9.59 Å². The molecule has 0 fully saturated rings. The first-order chi connectivity index (χ1) is 4.02. The Morgan fingerprint density at radius 1 is 1.44 bits per heavy atom. The third kappa shape index (κ3) is 2.40. The van der Waals surface area contributed by atoms with Crippen LogP contribution in [0.1, 0.15) is 20.8 Å². The molecule has 0 amide bonds. The van der Waals surface area contributed by atoms with Gasteiger partial charge in [-0.25, -0.2) is 0 Å². The van der Waals surface area contributed by atoms with Crippen LogP contribution in [0.2, 0.25) is 0 Å². The minimum atomic E-state index is -0.586. The first-order valence-electron chi connectivity index (χ1n) is 2.85. The zero-order valence-electron chi connectivity index (χ0n) is 5.97. The Bertz CT molecular complexity index is 103. The van der Waals surface area contributed by atoms with Gasteiger partial charge in [-0.05, 0) is 5.41 Å². The molecule has 51 valence electrons. The molecule has 2 heteroatoms. The lowest BCUT2D eigenvalue weighted by Crippen LogP contribution is -2.22. The second-order valence-electron chi connectivity index (χ2n) is 3.10. The van der Waals surface area contributed by atoms with Crippen molar-refractivity contribution >= 4 is 12.6 Å². The normalized spacial score (nSPS) is 11.6. The maximum absolute atomic E-state index is 10.1. The van der Waals surface area contributed by atoms with Crippen molar-refractivity contribution in [1.82, 2.24) is 0 Å². The lowest BCUT2D eigenvalue weighted by Gasteiger charge is -2.19. The molecular weight excluding hydrogens is 116 g/mol. The van der Waals surface area contributed by atoms with E-state index in [0.717, 1.165) is 0 Å². The van der Waals surface area contributed by atoms with E-state index in [0.29, 0.717) is 6.29 Å². The van der Waals surface area contributed by atoms with Crippen LogP contribution in [0, 0.1) is 11.3 Å². The van der Waals surface area contributed by atoms with E-state index in [1.807, 2.05) is 20.8 Å². The molecule has 0 saturated carbocycles. The summed E-state index contributed by atoms with van der Waals surface area (Å²) in [7, 11) is 0. The van der Waals surface area contributed by atoms with Crippen molar-refractivity contribution in [3.8, 4) is 0 Å². The zero-order valence-corrected chi connectivity index (χ0v) is 5.97. The van der Waals surface area contributed by atoms with Crippen molar-refractivity contribution < 1.29 is 9.59 Å². The topological polar surface area (TPSA) is 34.1 Å². The molecule has 0 aliphatic carbocycles. The first kappa shape index (κ1) is 8.34. The SMILES string of the molecule is CC(C)(C)C([C]=O)C=O. The smallest absolute Gasteiger partial charge is 0.209 e. The second kappa shape index (κ2) is 2.76. The molecule has 0 aliphatic rings. The second-order valence-corrected chi connectivity index (χ2v) is 3.10. The molecule has 0 aliphatic heterocycles. The Hall–Kier alpha value is -0.660. The van der Waals surface area contributed by atoms with E-state index < -0.39 is 5.92 Å². The molecule has 0 aromatic heterocycles. The number of aldehydes is 1. The van der Waals surface area contributed by atoms with Crippen molar-refractivity contribution in [2.45, 2.75) is 20.8 Å². The van der Waals surface area contributed by atoms with Gasteiger partial charge in [0.15, 0.2) is 0 Å². The molecule has 0 spiro atoms. The van der Waals surface area contributed by atoms with E-state index in [1.54, 1.807) is 6.29 Å². The van der Waals surface area contributed by atoms with E-state index in [2.05, 4.69) is 0 Å². The molecule has 0 bridgehead atoms. The number of carbonyl (C=O) groups excluding carboxylic acids is 2. The molecule has 0 heterocycles. The minimum absolute atomic E-state index is 0.274. The van der Waals surface area contributed by atoms with E-state index in [-0.39, 0.29) is 5.41 Å². The highest BCUT2D eigenvalue weighted by atomic mass is 16.1. The van der Waals surface area contributed by atoms with Crippen LogP contribution in [0.15, 0.2) is 0 Å². The zero-order chi connectivity index (χ0) is 7.49. The Morgan fingerprint density at radius 2 is 1.89 bits per heavy atom. The fourth-order valence-electron chi connectivity index (χ4n) is 0.409. The summed E-state index contributed by atoms with van der Waals surface area (Å²) in [6, 6.07) is 0. The summed E-state index contributed by atoms with van der Waals surface area (Å²) < 4.78 is 0. The predicted molar refractivity (Wildman–Crippen MR) is 34.7 cm³/mol. The molecule has 1 unspecified atom stereocenters. The van der Waals surface area contributed by atoms with Crippen molar-refractivity contribution in [3.05, 3.63) is 0 Å². The van der Waals surface area contributed by atoms with Gasteiger partial charge in [-0.3, -0.25) is 4.79 Å². The van der Waals surface area contributed by atoms with Gasteiger partial charge < -0.3 is 4.79 Å². The van der Waals surface area contributed by atoms with Crippen LogP contribution in [0.25, 0.3) is 0 Å². The Morgan fingerprint density at radius 3 is 1.89 bits per heavy atom. The third-order valence-electron chi connectivity index (χ3n) is 1.20. The number of hydrogen-bond donors (Lipinski definition) is 0. The molecule has 0 rings (SSSR count). The molecule has 1 radical (unpaired) electrons. The molecule has 0 saturated heterocycles. The summed E-state index contributed by atoms with van der Waals surface area (Å²) in [6.07, 6.45) is 2.31. The summed E-state index contributed by atoms with van der Waals surface area (Å²) in [5.41, 5.74) is -0.274. The average Bonchev–Trinajstić information content (AvgIpc) is 1.65.